The molecule has 0 unspecified atom stereocenters. The van der Waals surface area contributed by atoms with E-state index < -0.39 is 0 Å². The Kier molecular flexibility index (Phi) is 7.75. The molecule has 6 heteroatoms. The van der Waals surface area contributed by atoms with Crippen LogP contribution in [0.3, 0.4) is 0 Å². The number of guanidine groups is 1. The van der Waals surface area contributed by atoms with Crippen molar-refractivity contribution in [3.63, 3.8) is 0 Å². The molecule has 0 saturated carbocycles. The van der Waals surface area contributed by atoms with Crippen LogP contribution in [0.4, 0.5) is 0 Å². The van der Waals surface area contributed by atoms with Crippen molar-refractivity contribution in [3.05, 3.63) is 18.0 Å². The molecule has 1 aliphatic rings. The minimum atomic E-state index is 0.123. The number of piperidine rings is 1. The van der Waals surface area contributed by atoms with Crippen molar-refractivity contribution >= 4 is 5.96 Å². The van der Waals surface area contributed by atoms with Crippen molar-refractivity contribution in [2.75, 3.05) is 32.7 Å². The van der Waals surface area contributed by atoms with E-state index in [2.05, 4.69) is 47.6 Å². The molecule has 142 valence electrons. The van der Waals surface area contributed by atoms with E-state index in [1.165, 1.54) is 37.9 Å². The van der Waals surface area contributed by atoms with E-state index in [0.717, 1.165) is 38.4 Å². The molecular weight excluding hydrogens is 312 g/mol. The monoisotopic (exact) mass is 348 g/mol. The van der Waals surface area contributed by atoms with E-state index >= 15 is 0 Å². The minimum absolute atomic E-state index is 0.123. The zero-order valence-corrected chi connectivity index (χ0v) is 16.5. The molecule has 2 heterocycles. The van der Waals surface area contributed by atoms with Gasteiger partial charge in [0.05, 0.1) is 12.7 Å². The number of likely N-dealkylation sites (tertiary alicyclic amines) is 1. The standard InChI is InChI=1S/C19H36N6/c1-5-20-18(21-11-9-10-17-14-23-24(4)15-17)22-16-19(2,3)25-12-7-6-8-13-25/h14-15H,5-13,16H2,1-4H3,(H2,20,21,22). The summed E-state index contributed by atoms with van der Waals surface area (Å²) < 4.78 is 1.86. The zero-order chi connectivity index (χ0) is 18.1. The molecule has 1 aliphatic heterocycles. The third kappa shape index (κ3) is 6.69. The van der Waals surface area contributed by atoms with Crippen molar-refractivity contribution in [1.82, 2.24) is 25.3 Å². The lowest BCUT2D eigenvalue weighted by molar-refractivity contribution is 0.102. The molecule has 1 saturated heterocycles. The summed E-state index contributed by atoms with van der Waals surface area (Å²) in [5.74, 6) is 0.929. The summed E-state index contributed by atoms with van der Waals surface area (Å²) in [5, 5.41) is 11.0. The van der Waals surface area contributed by atoms with Crippen molar-refractivity contribution < 1.29 is 0 Å². The summed E-state index contributed by atoms with van der Waals surface area (Å²) in [4.78, 5) is 7.43. The Hall–Kier alpha value is -1.56. The lowest BCUT2D eigenvalue weighted by Gasteiger charge is -2.40. The fourth-order valence-corrected chi connectivity index (χ4v) is 3.31. The van der Waals surface area contributed by atoms with Gasteiger partial charge in [0.15, 0.2) is 5.96 Å². The van der Waals surface area contributed by atoms with Gasteiger partial charge in [-0.25, -0.2) is 0 Å². The molecule has 6 nitrogen and oxygen atoms in total. The molecule has 0 radical (unpaired) electrons. The summed E-state index contributed by atoms with van der Waals surface area (Å²) in [5.41, 5.74) is 1.41. The minimum Gasteiger partial charge on any atom is -0.357 e. The highest BCUT2D eigenvalue weighted by atomic mass is 15.2. The highest BCUT2D eigenvalue weighted by molar-refractivity contribution is 5.79. The van der Waals surface area contributed by atoms with Gasteiger partial charge in [-0.3, -0.25) is 14.6 Å². The predicted molar refractivity (Wildman–Crippen MR) is 105 cm³/mol. The first kappa shape index (κ1) is 19.8. The van der Waals surface area contributed by atoms with Gasteiger partial charge in [0.25, 0.3) is 0 Å². The molecule has 1 fully saturated rings. The predicted octanol–water partition coefficient (Wildman–Crippen LogP) is 2.17. The van der Waals surface area contributed by atoms with Crippen LogP contribution in [0.25, 0.3) is 0 Å². The number of aliphatic imine (C=N–C) groups is 1. The first-order valence-electron chi connectivity index (χ1n) is 9.76. The molecule has 0 bridgehead atoms. The largest absolute Gasteiger partial charge is 0.357 e. The van der Waals surface area contributed by atoms with Gasteiger partial charge in [-0.05, 0) is 65.1 Å². The molecule has 0 atom stereocenters. The number of hydrogen-bond acceptors (Lipinski definition) is 3. The van der Waals surface area contributed by atoms with Crippen molar-refractivity contribution in [1.29, 1.82) is 0 Å². The van der Waals surface area contributed by atoms with E-state index in [4.69, 9.17) is 4.99 Å². The molecule has 25 heavy (non-hydrogen) atoms. The highest BCUT2D eigenvalue weighted by Gasteiger charge is 2.27. The van der Waals surface area contributed by atoms with Crippen LogP contribution in [0.5, 0.6) is 0 Å². The second-order valence-corrected chi connectivity index (χ2v) is 7.61. The van der Waals surface area contributed by atoms with E-state index in [1.807, 2.05) is 17.9 Å². The number of aromatic nitrogens is 2. The third-order valence-electron chi connectivity index (χ3n) is 4.87. The number of aryl methyl sites for hydroxylation is 2. The van der Waals surface area contributed by atoms with Crippen LogP contribution in [0.15, 0.2) is 17.4 Å². The van der Waals surface area contributed by atoms with Crippen molar-refractivity contribution in [3.8, 4) is 0 Å². The highest BCUT2D eigenvalue weighted by Crippen LogP contribution is 2.20. The summed E-state index contributed by atoms with van der Waals surface area (Å²) in [6.07, 6.45) is 10.2. The SMILES string of the molecule is CCNC(=NCC(C)(C)N1CCCCC1)NCCCc1cnn(C)c1. The summed E-state index contributed by atoms with van der Waals surface area (Å²) in [6.45, 7) is 11.8. The van der Waals surface area contributed by atoms with Crippen molar-refractivity contribution in [2.45, 2.75) is 58.4 Å². The molecule has 0 aliphatic carbocycles. The smallest absolute Gasteiger partial charge is 0.191 e. The average molecular weight is 349 g/mol. The van der Waals surface area contributed by atoms with E-state index in [-0.39, 0.29) is 5.54 Å². The molecule has 2 N–H and O–H groups in total. The summed E-state index contributed by atoms with van der Waals surface area (Å²) in [7, 11) is 1.96. The molecule has 0 amide bonds. The Labute approximate surface area is 153 Å². The number of nitrogens with one attached hydrogen (secondary N) is 2. The second-order valence-electron chi connectivity index (χ2n) is 7.61. The Morgan fingerprint density at radius 3 is 2.64 bits per heavy atom. The molecule has 0 aromatic carbocycles. The molecule has 2 rings (SSSR count). The fourth-order valence-electron chi connectivity index (χ4n) is 3.31. The van der Waals surface area contributed by atoms with E-state index in [1.54, 1.807) is 0 Å². The number of nitrogens with zero attached hydrogens (tertiary/aromatic N) is 4. The van der Waals surface area contributed by atoms with Gasteiger partial charge in [0.2, 0.25) is 0 Å². The maximum Gasteiger partial charge on any atom is 0.191 e. The summed E-state index contributed by atoms with van der Waals surface area (Å²) in [6, 6.07) is 0. The zero-order valence-electron chi connectivity index (χ0n) is 16.5. The molecular formula is C19H36N6. The van der Waals surface area contributed by atoms with Gasteiger partial charge in [-0.15, -0.1) is 0 Å². The normalized spacial score (nSPS) is 16.9. The van der Waals surface area contributed by atoms with Crippen LogP contribution in [-0.4, -0.2) is 58.9 Å². The van der Waals surface area contributed by atoms with Crippen molar-refractivity contribution in [2.24, 2.45) is 12.0 Å². The summed E-state index contributed by atoms with van der Waals surface area (Å²) >= 11 is 0. The molecule has 1 aromatic heterocycles. The Balaban J connectivity index is 1.78. The topological polar surface area (TPSA) is 57.5 Å². The average Bonchev–Trinajstić information content (AvgIpc) is 3.02. The van der Waals surface area contributed by atoms with Crippen LogP contribution in [-0.2, 0) is 13.5 Å². The van der Waals surface area contributed by atoms with E-state index in [9.17, 15) is 0 Å². The first-order chi connectivity index (χ1) is 12.0. The van der Waals surface area contributed by atoms with Gasteiger partial charge in [-0.2, -0.15) is 5.10 Å². The maximum absolute atomic E-state index is 4.85. The van der Waals surface area contributed by atoms with Gasteiger partial charge in [0, 0.05) is 31.9 Å². The van der Waals surface area contributed by atoms with Gasteiger partial charge in [0.1, 0.15) is 0 Å². The Morgan fingerprint density at radius 2 is 2.00 bits per heavy atom. The van der Waals surface area contributed by atoms with Gasteiger partial charge >= 0.3 is 0 Å². The number of rotatable bonds is 8. The quantitative estimate of drug-likeness (QED) is 0.429. The third-order valence-corrected chi connectivity index (χ3v) is 4.87. The van der Waals surface area contributed by atoms with Crippen LogP contribution in [0.1, 0.15) is 52.0 Å². The fraction of sp³-hybridized carbons (Fsp3) is 0.789. The lowest BCUT2D eigenvalue weighted by atomic mass is 9.99. The van der Waals surface area contributed by atoms with E-state index in [0.29, 0.717) is 0 Å². The van der Waals surface area contributed by atoms with Crippen LogP contribution < -0.4 is 10.6 Å². The second kappa shape index (κ2) is 9.80. The van der Waals surface area contributed by atoms with Gasteiger partial charge in [-0.1, -0.05) is 6.42 Å². The molecule has 1 aromatic rings. The maximum atomic E-state index is 4.85. The lowest BCUT2D eigenvalue weighted by Crippen LogP contribution is -2.49. The van der Waals surface area contributed by atoms with Crippen LogP contribution in [0, 0.1) is 0 Å². The Morgan fingerprint density at radius 1 is 1.24 bits per heavy atom. The Bertz CT molecular complexity index is 528. The van der Waals surface area contributed by atoms with Crippen LogP contribution >= 0.6 is 0 Å². The van der Waals surface area contributed by atoms with Gasteiger partial charge < -0.3 is 10.6 Å². The first-order valence-corrected chi connectivity index (χ1v) is 9.76. The molecule has 0 spiro atoms. The number of hydrogen-bond donors (Lipinski definition) is 2. The van der Waals surface area contributed by atoms with Crippen LogP contribution in [0.2, 0.25) is 0 Å².